The van der Waals surface area contributed by atoms with E-state index in [9.17, 15) is 9.59 Å². The number of carbonyl (C=O) groups is 2. The molecule has 1 aliphatic heterocycles. The molecule has 1 aromatic rings. The topological polar surface area (TPSA) is 61.4 Å². The minimum absolute atomic E-state index is 0.0708. The molecule has 1 fully saturated rings. The van der Waals surface area contributed by atoms with E-state index in [1.807, 2.05) is 17.5 Å². The van der Waals surface area contributed by atoms with E-state index < -0.39 is 0 Å². The van der Waals surface area contributed by atoms with Gasteiger partial charge in [-0.3, -0.25) is 10.1 Å². The normalized spacial score (nSPS) is 19.9. The van der Waals surface area contributed by atoms with Gasteiger partial charge in [0.15, 0.2) is 0 Å². The van der Waals surface area contributed by atoms with E-state index in [4.69, 9.17) is 0 Å². The van der Waals surface area contributed by atoms with E-state index in [-0.39, 0.29) is 18.0 Å². The maximum atomic E-state index is 11.5. The largest absolute Gasteiger partial charge is 0.344 e. The van der Waals surface area contributed by atoms with E-state index in [2.05, 4.69) is 10.6 Å². The third kappa shape index (κ3) is 2.52. The molecule has 1 atom stereocenters. The first-order chi connectivity index (χ1) is 7.65. The smallest absolute Gasteiger partial charge is 0.320 e. The van der Waals surface area contributed by atoms with Gasteiger partial charge < -0.3 is 10.2 Å². The third-order valence-corrected chi connectivity index (χ3v) is 3.22. The summed E-state index contributed by atoms with van der Waals surface area (Å²) in [5.41, 5.74) is 0. The molecule has 1 aromatic heterocycles. The van der Waals surface area contributed by atoms with E-state index >= 15 is 0 Å². The van der Waals surface area contributed by atoms with Crippen LogP contribution in [0.4, 0.5) is 9.80 Å². The Morgan fingerprint density at radius 2 is 2.44 bits per heavy atom. The first-order valence-corrected chi connectivity index (χ1v) is 5.88. The Bertz CT molecular complexity index is 391. The molecule has 0 aromatic carbocycles. The van der Waals surface area contributed by atoms with E-state index in [1.165, 1.54) is 11.3 Å². The second-order valence-corrected chi connectivity index (χ2v) is 4.70. The quantitative estimate of drug-likeness (QED) is 0.812. The number of urea groups is 1. The minimum Gasteiger partial charge on any atom is -0.344 e. The van der Waals surface area contributed by atoms with Gasteiger partial charge in [-0.2, -0.15) is 0 Å². The molecule has 2 rings (SSSR count). The lowest BCUT2D eigenvalue weighted by molar-refractivity contribution is -0.126. The molecule has 16 heavy (non-hydrogen) atoms. The van der Waals surface area contributed by atoms with Crippen molar-refractivity contribution in [2.24, 2.45) is 0 Å². The van der Waals surface area contributed by atoms with Gasteiger partial charge in [-0.25, -0.2) is 4.79 Å². The van der Waals surface area contributed by atoms with Gasteiger partial charge in [0.05, 0.1) is 11.0 Å². The number of hydrogen-bond donors (Lipinski definition) is 2. The fourth-order valence-corrected chi connectivity index (χ4v) is 2.26. The number of rotatable bonds is 2. The number of likely N-dealkylation sites (N-methyl/N-ethyl adjacent to an activating group) is 1. The van der Waals surface area contributed by atoms with Crippen LogP contribution in [0.3, 0.4) is 0 Å². The van der Waals surface area contributed by atoms with Crippen LogP contribution < -0.4 is 10.6 Å². The molecule has 1 saturated heterocycles. The van der Waals surface area contributed by atoms with Crippen LogP contribution in [0.2, 0.25) is 0 Å². The second-order valence-electron chi connectivity index (χ2n) is 3.75. The molecule has 86 valence electrons. The fraction of sp³-hybridized carbons (Fsp3) is 0.400. The molecule has 5 nitrogen and oxygen atoms in total. The van der Waals surface area contributed by atoms with Gasteiger partial charge in [0.25, 0.3) is 0 Å². The van der Waals surface area contributed by atoms with Crippen molar-refractivity contribution in [2.45, 2.75) is 12.5 Å². The predicted molar refractivity (Wildman–Crippen MR) is 62.5 cm³/mol. The van der Waals surface area contributed by atoms with Crippen molar-refractivity contribution in [1.82, 2.24) is 10.2 Å². The highest BCUT2D eigenvalue weighted by Crippen LogP contribution is 2.15. The Hall–Kier alpha value is -1.56. The number of nitrogens with zero attached hydrogens (tertiary/aromatic N) is 1. The Kier molecular flexibility index (Phi) is 3.09. The molecule has 0 radical (unpaired) electrons. The summed E-state index contributed by atoms with van der Waals surface area (Å²) in [6.45, 7) is 0.580. The number of likely N-dealkylation sites (tertiary alicyclic amines) is 1. The molecule has 0 spiro atoms. The highest BCUT2D eigenvalue weighted by atomic mass is 32.1. The highest BCUT2D eigenvalue weighted by molar-refractivity contribution is 7.14. The average Bonchev–Trinajstić information content (AvgIpc) is 2.78. The average molecular weight is 239 g/mol. The zero-order valence-corrected chi connectivity index (χ0v) is 9.71. The van der Waals surface area contributed by atoms with Crippen molar-refractivity contribution >= 4 is 28.3 Å². The molecule has 0 bridgehead atoms. The summed E-state index contributed by atoms with van der Waals surface area (Å²) in [6, 6.07) is 3.36. The number of thiophene rings is 1. The van der Waals surface area contributed by atoms with Crippen LogP contribution in [-0.4, -0.2) is 36.5 Å². The standard InChI is InChI=1S/C10H13N3O2S/c1-13-6-7(5-9(13)14)11-10(15)12-8-3-2-4-16-8/h2-4,7H,5-6H2,1H3,(H2,11,12,15). The summed E-state index contributed by atoms with van der Waals surface area (Å²) in [4.78, 5) is 24.4. The second kappa shape index (κ2) is 4.52. The van der Waals surface area contributed by atoms with Crippen molar-refractivity contribution in [1.29, 1.82) is 0 Å². The molecule has 0 saturated carbocycles. The van der Waals surface area contributed by atoms with Crippen LogP contribution in [0.1, 0.15) is 6.42 Å². The van der Waals surface area contributed by atoms with Crippen LogP contribution >= 0.6 is 11.3 Å². The first kappa shape index (κ1) is 10.9. The highest BCUT2D eigenvalue weighted by Gasteiger charge is 2.27. The van der Waals surface area contributed by atoms with Gasteiger partial charge in [0, 0.05) is 20.0 Å². The third-order valence-electron chi connectivity index (χ3n) is 2.43. The van der Waals surface area contributed by atoms with Gasteiger partial charge in [-0.15, -0.1) is 11.3 Å². The van der Waals surface area contributed by atoms with Gasteiger partial charge in [-0.1, -0.05) is 0 Å². The van der Waals surface area contributed by atoms with Gasteiger partial charge in [0.2, 0.25) is 5.91 Å². The lowest BCUT2D eigenvalue weighted by Crippen LogP contribution is -2.39. The van der Waals surface area contributed by atoms with Gasteiger partial charge in [-0.05, 0) is 17.5 Å². The summed E-state index contributed by atoms with van der Waals surface area (Å²) in [5, 5.41) is 8.18. The Labute approximate surface area is 97.4 Å². The summed E-state index contributed by atoms with van der Waals surface area (Å²) >= 11 is 1.46. The number of nitrogens with one attached hydrogen (secondary N) is 2. The molecular weight excluding hydrogens is 226 g/mol. The van der Waals surface area contributed by atoms with Crippen LogP contribution in [0.5, 0.6) is 0 Å². The van der Waals surface area contributed by atoms with E-state index in [0.29, 0.717) is 13.0 Å². The fourth-order valence-electron chi connectivity index (χ4n) is 1.64. The van der Waals surface area contributed by atoms with Crippen LogP contribution in [-0.2, 0) is 4.79 Å². The maximum absolute atomic E-state index is 11.5. The molecule has 2 heterocycles. The monoisotopic (exact) mass is 239 g/mol. The number of carbonyl (C=O) groups excluding carboxylic acids is 2. The summed E-state index contributed by atoms with van der Waals surface area (Å²) < 4.78 is 0. The van der Waals surface area contributed by atoms with Crippen molar-refractivity contribution in [2.75, 3.05) is 18.9 Å². The molecule has 1 unspecified atom stereocenters. The maximum Gasteiger partial charge on any atom is 0.320 e. The van der Waals surface area contributed by atoms with Crippen LogP contribution in [0, 0.1) is 0 Å². The molecule has 1 aliphatic rings. The number of hydrogen-bond acceptors (Lipinski definition) is 3. The Morgan fingerprint density at radius 1 is 1.62 bits per heavy atom. The summed E-state index contributed by atoms with van der Waals surface area (Å²) in [7, 11) is 1.74. The van der Waals surface area contributed by atoms with Crippen molar-refractivity contribution in [3.63, 3.8) is 0 Å². The lowest BCUT2D eigenvalue weighted by atomic mass is 10.3. The van der Waals surface area contributed by atoms with Crippen molar-refractivity contribution in [3.8, 4) is 0 Å². The van der Waals surface area contributed by atoms with Crippen LogP contribution in [0.15, 0.2) is 17.5 Å². The lowest BCUT2D eigenvalue weighted by Gasteiger charge is -2.12. The van der Waals surface area contributed by atoms with Crippen molar-refractivity contribution in [3.05, 3.63) is 17.5 Å². The molecule has 0 aliphatic carbocycles. The van der Waals surface area contributed by atoms with E-state index in [1.54, 1.807) is 11.9 Å². The van der Waals surface area contributed by atoms with Crippen LogP contribution in [0.25, 0.3) is 0 Å². The molecule has 3 amide bonds. The number of amides is 3. The SMILES string of the molecule is CN1CC(NC(=O)Nc2cccs2)CC1=O. The van der Waals surface area contributed by atoms with Gasteiger partial charge >= 0.3 is 6.03 Å². The first-order valence-electron chi connectivity index (χ1n) is 5.00. The Balaban J connectivity index is 1.82. The number of anilines is 1. The summed E-state index contributed by atoms with van der Waals surface area (Å²) in [5.74, 6) is 0.0708. The molecule has 2 N–H and O–H groups in total. The Morgan fingerprint density at radius 3 is 3.00 bits per heavy atom. The zero-order valence-electron chi connectivity index (χ0n) is 8.90. The summed E-state index contributed by atoms with van der Waals surface area (Å²) in [6.07, 6.45) is 0.383. The molecular formula is C10H13N3O2S. The predicted octanol–water partition coefficient (Wildman–Crippen LogP) is 1.10. The minimum atomic E-state index is -0.254. The van der Waals surface area contributed by atoms with Gasteiger partial charge in [0.1, 0.15) is 0 Å². The molecule has 6 heteroatoms. The van der Waals surface area contributed by atoms with Crippen molar-refractivity contribution < 1.29 is 9.59 Å². The zero-order chi connectivity index (χ0) is 11.5. The van der Waals surface area contributed by atoms with E-state index in [0.717, 1.165) is 5.00 Å².